The summed E-state index contributed by atoms with van der Waals surface area (Å²) in [6.07, 6.45) is 50.7. The average molecular weight is 863 g/mol. The molecule has 0 amide bonds. The first-order valence-corrected chi connectivity index (χ1v) is 27.8. The van der Waals surface area contributed by atoms with Crippen LogP contribution in [0.5, 0.6) is 5.75 Å². The minimum absolute atomic E-state index is 0.462. The van der Waals surface area contributed by atoms with Gasteiger partial charge in [0.1, 0.15) is 5.75 Å². The van der Waals surface area contributed by atoms with Crippen LogP contribution in [-0.4, -0.2) is 38.6 Å². The molecule has 0 radical (unpaired) electrons. The zero-order valence-corrected chi connectivity index (χ0v) is 41.6. The first-order valence-electron chi connectivity index (χ1n) is 26.8. The molecule has 0 bridgehead atoms. The van der Waals surface area contributed by atoms with Crippen molar-refractivity contribution in [2.24, 2.45) is 0 Å². The van der Waals surface area contributed by atoms with Gasteiger partial charge in [-0.1, -0.05) is 239 Å². The maximum absolute atomic E-state index is 6.34. The SMILES string of the molecule is CCCCCCCCCCCCOC(CCC)CCCCCCCCOP(OCCCCCCCCC(CCC)OCCCCCCCCCCCC)Oc1ccccc1. The largest absolute Gasteiger partial charge is 0.427 e. The van der Waals surface area contributed by atoms with Crippen LogP contribution in [0.25, 0.3) is 0 Å². The van der Waals surface area contributed by atoms with E-state index in [2.05, 4.69) is 27.7 Å². The van der Waals surface area contributed by atoms with Gasteiger partial charge in [-0.15, -0.1) is 0 Å². The molecule has 0 saturated heterocycles. The molecule has 0 fully saturated rings. The predicted octanol–water partition coefficient (Wildman–Crippen LogP) is 19.0. The van der Waals surface area contributed by atoms with Crippen molar-refractivity contribution in [2.45, 2.75) is 284 Å². The quantitative estimate of drug-likeness (QED) is 0.0482. The van der Waals surface area contributed by atoms with Crippen molar-refractivity contribution in [3.63, 3.8) is 0 Å². The van der Waals surface area contributed by atoms with Crippen molar-refractivity contribution in [1.82, 2.24) is 0 Å². The van der Waals surface area contributed by atoms with Gasteiger partial charge >= 0.3 is 8.60 Å². The standard InChI is InChI=1S/C54H103O5P/c1-5-9-11-13-15-17-19-23-29-38-48-55-52(42-7-3)44-34-27-21-25-31-40-50-57-60(59-54-46-36-33-37-47-54)58-51-41-32-26-22-28-35-45-53(43-8-4)56-49-39-30-24-20-18-16-14-12-10-6-2/h33,36-37,46-47,52-53H,5-32,34-35,38-45,48-51H2,1-4H3. The molecule has 1 aromatic rings. The number of rotatable bonds is 50. The Bertz CT molecular complexity index is 880. The highest BCUT2D eigenvalue weighted by Gasteiger charge is 2.15. The molecule has 354 valence electrons. The van der Waals surface area contributed by atoms with Crippen LogP contribution in [0.1, 0.15) is 272 Å². The number of hydrogen-bond donors (Lipinski definition) is 0. The number of benzene rings is 1. The lowest BCUT2D eigenvalue weighted by Crippen LogP contribution is -2.13. The molecule has 1 aromatic carbocycles. The third-order valence-electron chi connectivity index (χ3n) is 12.1. The molecule has 0 aliphatic rings. The third kappa shape index (κ3) is 40.1. The van der Waals surface area contributed by atoms with Crippen molar-refractivity contribution in [1.29, 1.82) is 0 Å². The average Bonchev–Trinajstić information content (AvgIpc) is 3.26. The van der Waals surface area contributed by atoms with Crippen LogP contribution >= 0.6 is 8.60 Å². The molecular weight excluding hydrogens is 760 g/mol. The monoisotopic (exact) mass is 863 g/mol. The van der Waals surface area contributed by atoms with Crippen molar-refractivity contribution in [2.75, 3.05) is 26.4 Å². The maximum Gasteiger partial charge on any atom is 0.397 e. The molecule has 0 saturated carbocycles. The van der Waals surface area contributed by atoms with Crippen LogP contribution in [-0.2, 0) is 18.5 Å². The Labute approximate surface area is 376 Å². The second-order valence-electron chi connectivity index (χ2n) is 18.0. The highest BCUT2D eigenvalue weighted by molar-refractivity contribution is 7.42. The Morgan fingerprint density at radius 1 is 0.333 bits per heavy atom. The molecule has 0 N–H and O–H groups in total. The van der Waals surface area contributed by atoms with E-state index in [1.165, 1.54) is 231 Å². The van der Waals surface area contributed by atoms with E-state index in [1.807, 2.05) is 30.3 Å². The van der Waals surface area contributed by atoms with E-state index < -0.39 is 8.60 Å². The summed E-state index contributed by atoms with van der Waals surface area (Å²) in [4.78, 5) is 0. The fourth-order valence-corrected chi connectivity index (χ4v) is 9.27. The molecule has 0 spiro atoms. The lowest BCUT2D eigenvalue weighted by molar-refractivity contribution is 0.0368. The molecule has 6 heteroatoms. The molecule has 2 unspecified atom stereocenters. The summed E-state index contributed by atoms with van der Waals surface area (Å²) in [5.74, 6) is 0.825. The summed E-state index contributed by atoms with van der Waals surface area (Å²) in [5.41, 5.74) is 0. The van der Waals surface area contributed by atoms with Gasteiger partial charge in [0.2, 0.25) is 0 Å². The van der Waals surface area contributed by atoms with E-state index >= 15 is 0 Å². The molecule has 0 aliphatic carbocycles. The van der Waals surface area contributed by atoms with Gasteiger partial charge in [0.15, 0.2) is 0 Å². The van der Waals surface area contributed by atoms with E-state index in [-0.39, 0.29) is 0 Å². The van der Waals surface area contributed by atoms with E-state index in [0.29, 0.717) is 25.4 Å². The molecule has 0 aliphatic heterocycles. The van der Waals surface area contributed by atoms with Crippen LogP contribution in [0, 0.1) is 0 Å². The highest BCUT2D eigenvalue weighted by atomic mass is 31.2. The van der Waals surface area contributed by atoms with Crippen molar-refractivity contribution >= 4 is 8.60 Å². The molecule has 0 heterocycles. The zero-order valence-electron chi connectivity index (χ0n) is 40.7. The minimum atomic E-state index is -1.38. The summed E-state index contributed by atoms with van der Waals surface area (Å²) in [7, 11) is -1.38. The van der Waals surface area contributed by atoms with Crippen LogP contribution in [0.15, 0.2) is 30.3 Å². The topological polar surface area (TPSA) is 46.2 Å². The van der Waals surface area contributed by atoms with Gasteiger partial charge in [-0.3, -0.25) is 0 Å². The van der Waals surface area contributed by atoms with Crippen molar-refractivity contribution < 1.29 is 23.0 Å². The fraction of sp³-hybridized carbons (Fsp3) is 0.889. The Morgan fingerprint density at radius 2 is 0.650 bits per heavy atom. The first-order chi connectivity index (χ1) is 29.7. The Kier molecular flexibility index (Phi) is 45.6. The molecule has 0 aromatic heterocycles. The van der Waals surface area contributed by atoms with Crippen LogP contribution in [0.3, 0.4) is 0 Å². The number of para-hydroxylation sites is 1. The Morgan fingerprint density at radius 3 is 1.00 bits per heavy atom. The van der Waals surface area contributed by atoms with Gasteiger partial charge in [0, 0.05) is 13.2 Å². The minimum Gasteiger partial charge on any atom is -0.427 e. The van der Waals surface area contributed by atoms with E-state index in [0.717, 1.165) is 31.8 Å². The summed E-state index contributed by atoms with van der Waals surface area (Å²) in [6, 6.07) is 10.0. The first kappa shape index (κ1) is 57.3. The Hall–Kier alpha value is -0.710. The normalized spacial score (nSPS) is 13.2. The number of ether oxygens (including phenoxy) is 2. The van der Waals surface area contributed by atoms with Gasteiger partial charge in [-0.25, -0.2) is 0 Å². The lowest BCUT2D eigenvalue weighted by Gasteiger charge is -2.18. The third-order valence-corrected chi connectivity index (χ3v) is 13.2. The van der Waals surface area contributed by atoms with Gasteiger partial charge in [-0.05, 0) is 63.5 Å². The molecule has 2 atom stereocenters. The summed E-state index contributed by atoms with van der Waals surface area (Å²) in [6.45, 7) is 12.5. The van der Waals surface area contributed by atoms with Crippen LogP contribution in [0.4, 0.5) is 0 Å². The van der Waals surface area contributed by atoms with E-state index in [4.69, 9.17) is 23.0 Å². The van der Waals surface area contributed by atoms with E-state index in [1.54, 1.807) is 0 Å². The van der Waals surface area contributed by atoms with Crippen molar-refractivity contribution in [3.05, 3.63) is 30.3 Å². The molecule has 1 rings (SSSR count). The van der Waals surface area contributed by atoms with E-state index in [9.17, 15) is 0 Å². The number of hydrogen-bond acceptors (Lipinski definition) is 5. The summed E-state index contributed by atoms with van der Waals surface area (Å²) >= 11 is 0. The zero-order chi connectivity index (χ0) is 43.1. The highest BCUT2D eigenvalue weighted by Crippen LogP contribution is 2.41. The lowest BCUT2D eigenvalue weighted by atomic mass is 10.0. The number of unbranched alkanes of at least 4 members (excludes halogenated alkanes) is 28. The van der Waals surface area contributed by atoms with Crippen LogP contribution in [0.2, 0.25) is 0 Å². The van der Waals surface area contributed by atoms with Crippen LogP contribution < -0.4 is 4.52 Å². The molecular formula is C54H103O5P. The molecule has 5 nitrogen and oxygen atoms in total. The second kappa shape index (κ2) is 47.8. The second-order valence-corrected chi connectivity index (χ2v) is 19.2. The van der Waals surface area contributed by atoms with Gasteiger partial charge in [0.05, 0.1) is 25.4 Å². The predicted molar refractivity (Wildman–Crippen MR) is 264 cm³/mol. The fourth-order valence-electron chi connectivity index (χ4n) is 8.24. The maximum atomic E-state index is 6.34. The smallest absolute Gasteiger partial charge is 0.397 e. The summed E-state index contributed by atoms with van der Waals surface area (Å²) < 4.78 is 31.2. The molecule has 60 heavy (non-hydrogen) atoms. The van der Waals surface area contributed by atoms with Crippen molar-refractivity contribution in [3.8, 4) is 5.75 Å². The van der Waals surface area contributed by atoms with Gasteiger partial charge < -0.3 is 23.0 Å². The van der Waals surface area contributed by atoms with Gasteiger partial charge in [0.25, 0.3) is 0 Å². The summed E-state index contributed by atoms with van der Waals surface area (Å²) in [5, 5.41) is 0. The Balaban J connectivity index is 2.10. The van der Waals surface area contributed by atoms with Gasteiger partial charge in [-0.2, -0.15) is 0 Å².